The summed E-state index contributed by atoms with van der Waals surface area (Å²) < 4.78 is 18.5. The van der Waals surface area contributed by atoms with Crippen molar-refractivity contribution in [3.63, 3.8) is 0 Å². The molecular formula is C20H14FNO5S2. The molecule has 29 heavy (non-hydrogen) atoms. The van der Waals surface area contributed by atoms with Gasteiger partial charge in [-0.1, -0.05) is 36.1 Å². The smallest absolute Gasteiger partial charge is 0.323 e. The van der Waals surface area contributed by atoms with Crippen molar-refractivity contribution in [1.29, 1.82) is 0 Å². The Bertz CT molecular complexity index is 1000. The Morgan fingerprint density at radius 2 is 1.79 bits per heavy atom. The topological polar surface area (TPSA) is 83.9 Å². The van der Waals surface area contributed by atoms with Crippen LogP contribution in [-0.4, -0.2) is 45.1 Å². The van der Waals surface area contributed by atoms with Crippen molar-refractivity contribution in [2.75, 3.05) is 13.2 Å². The average Bonchev–Trinajstić information content (AvgIpc) is 2.95. The van der Waals surface area contributed by atoms with Gasteiger partial charge in [0.25, 0.3) is 5.91 Å². The van der Waals surface area contributed by atoms with Crippen LogP contribution in [0, 0.1) is 5.82 Å². The highest BCUT2D eigenvalue weighted by Gasteiger charge is 2.33. The van der Waals surface area contributed by atoms with E-state index >= 15 is 0 Å². The van der Waals surface area contributed by atoms with Crippen LogP contribution in [0.4, 0.5) is 4.39 Å². The average molecular weight is 431 g/mol. The van der Waals surface area contributed by atoms with Gasteiger partial charge in [-0.05, 0) is 48.0 Å². The minimum absolute atomic E-state index is 0.196. The van der Waals surface area contributed by atoms with E-state index in [1.807, 2.05) is 0 Å². The van der Waals surface area contributed by atoms with Gasteiger partial charge in [-0.2, -0.15) is 0 Å². The second kappa shape index (κ2) is 8.97. The van der Waals surface area contributed by atoms with Gasteiger partial charge in [-0.3, -0.25) is 19.3 Å². The zero-order valence-electron chi connectivity index (χ0n) is 14.8. The molecule has 0 saturated carbocycles. The zero-order valence-corrected chi connectivity index (χ0v) is 16.5. The molecule has 1 N–H and O–H groups in total. The van der Waals surface area contributed by atoms with Gasteiger partial charge < -0.3 is 9.84 Å². The third-order valence-corrected chi connectivity index (χ3v) is 5.26. The number of benzene rings is 2. The molecule has 0 unspecified atom stereocenters. The first-order valence-corrected chi connectivity index (χ1v) is 9.55. The number of ketones is 1. The van der Waals surface area contributed by atoms with Crippen LogP contribution in [-0.2, 0) is 9.59 Å². The number of Topliss-reactive ketones (excluding diaryl/α,β-unsaturated/α-hetero) is 1. The Hall–Kier alpha value is -3.04. The number of hydrogen-bond acceptors (Lipinski definition) is 6. The lowest BCUT2D eigenvalue weighted by Crippen LogP contribution is -2.33. The van der Waals surface area contributed by atoms with Crippen molar-refractivity contribution in [2.24, 2.45) is 0 Å². The number of rotatable bonds is 7. The molecule has 0 radical (unpaired) electrons. The van der Waals surface area contributed by atoms with E-state index in [9.17, 15) is 18.8 Å². The fourth-order valence-corrected chi connectivity index (χ4v) is 3.71. The van der Waals surface area contributed by atoms with E-state index in [1.54, 1.807) is 30.3 Å². The molecule has 148 valence electrons. The van der Waals surface area contributed by atoms with Gasteiger partial charge in [-0.15, -0.1) is 0 Å². The number of thioether (sulfide) groups is 1. The highest BCUT2D eigenvalue weighted by atomic mass is 32.2. The summed E-state index contributed by atoms with van der Waals surface area (Å²) in [7, 11) is 0. The SMILES string of the molecule is O=C(O)CN1C(=O)/C(=C/c2ccc(OCC(=O)c3ccc(F)cc3)cc2)SC1=S. The molecule has 1 aliphatic rings. The largest absolute Gasteiger partial charge is 0.485 e. The Kier molecular flexibility index (Phi) is 6.40. The lowest BCUT2D eigenvalue weighted by molar-refractivity contribution is -0.140. The highest BCUT2D eigenvalue weighted by molar-refractivity contribution is 8.26. The van der Waals surface area contributed by atoms with Gasteiger partial charge in [0, 0.05) is 5.56 Å². The van der Waals surface area contributed by atoms with Crippen molar-refractivity contribution in [3.8, 4) is 5.75 Å². The molecule has 1 amide bonds. The Morgan fingerprint density at radius 1 is 1.14 bits per heavy atom. The quantitative estimate of drug-likeness (QED) is 0.409. The van der Waals surface area contributed by atoms with Crippen molar-refractivity contribution in [1.82, 2.24) is 4.90 Å². The maximum atomic E-state index is 12.9. The molecule has 1 saturated heterocycles. The first-order valence-electron chi connectivity index (χ1n) is 8.32. The molecule has 2 aromatic carbocycles. The monoisotopic (exact) mass is 431 g/mol. The number of carboxylic acids is 1. The molecule has 6 nitrogen and oxygen atoms in total. The summed E-state index contributed by atoms with van der Waals surface area (Å²) in [5, 5.41) is 8.85. The molecule has 9 heteroatoms. The number of nitrogens with zero attached hydrogens (tertiary/aromatic N) is 1. The van der Waals surface area contributed by atoms with Gasteiger partial charge >= 0.3 is 5.97 Å². The third-order valence-electron chi connectivity index (χ3n) is 3.88. The van der Waals surface area contributed by atoms with Crippen molar-refractivity contribution in [3.05, 3.63) is 70.4 Å². The molecule has 0 bridgehead atoms. The fourth-order valence-electron chi connectivity index (χ4n) is 2.45. The van der Waals surface area contributed by atoms with Gasteiger partial charge in [0.05, 0.1) is 4.91 Å². The van der Waals surface area contributed by atoms with Crippen LogP contribution in [0.1, 0.15) is 15.9 Å². The summed E-state index contributed by atoms with van der Waals surface area (Å²) >= 11 is 6.09. The molecule has 1 aliphatic heterocycles. The van der Waals surface area contributed by atoms with Gasteiger partial charge in [0.1, 0.15) is 22.4 Å². The predicted molar refractivity (Wildman–Crippen MR) is 110 cm³/mol. The number of thiocarbonyl (C=S) groups is 1. The van der Waals surface area contributed by atoms with E-state index < -0.39 is 24.2 Å². The number of amides is 1. The van der Waals surface area contributed by atoms with Gasteiger partial charge in [0.2, 0.25) is 0 Å². The lowest BCUT2D eigenvalue weighted by atomic mass is 10.1. The maximum absolute atomic E-state index is 12.9. The molecule has 1 fully saturated rings. The van der Waals surface area contributed by atoms with E-state index in [-0.39, 0.29) is 16.7 Å². The molecule has 0 aliphatic carbocycles. The summed E-state index contributed by atoms with van der Waals surface area (Å²) in [4.78, 5) is 36.5. The van der Waals surface area contributed by atoms with Gasteiger partial charge in [0.15, 0.2) is 12.4 Å². The first-order chi connectivity index (χ1) is 13.8. The number of carbonyl (C=O) groups is 3. The van der Waals surface area contributed by atoms with Crippen molar-refractivity contribution >= 4 is 52.0 Å². The summed E-state index contributed by atoms with van der Waals surface area (Å²) in [5.74, 6) is -1.84. The molecule has 3 rings (SSSR count). The Labute approximate surface area is 175 Å². The minimum Gasteiger partial charge on any atom is -0.485 e. The maximum Gasteiger partial charge on any atom is 0.323 e. The molecular weight excluding hydrogens is 417 g/mol. The van der Waals surface area contributed by atoms with Crippen LogP contribution >= 0.6 is 24.0 Å². The van der Waals surface area contributed by atoms with Crippen LogP contribution in [0.2, 0.25) is 0 Å². The molecule has 0 spiro atoms. The summed E-state index contributed by atoms with van der Waals surface area (Å²) in [5.41, 5.74) is 1.05. The second-order valence-corrected chi connectivity index (χ2v) is 7.63. The zero-order chi connectivity index (χ0) is 21.0. The Balaban J connectivity index is 1.61. The predicted octanol–water partition coefficient (Wildman–Crippen LogP) is 3.37. The number of carbonyl (C=O) groups excluding carboxylic acids is 2. The molecule has 2 aromatic rings. The number of ether oxygens (including phenoxy) is 1. The van der Waals surface area contributed by atoms with Crippen LogP contribution in [0.3, 0.4) is 0 Å². The highest BCUT2D eigenvalue weighted by Crippen LogP contribution is 2.32. The number of hydrogen-bond donors (Lipinski definition) is 1. The summed E-state index contributed by atoms with van der Waals surface area (Å²) in [6.07, 6.45) is 1.61. The van der Waals surface area contributed by atoms with Crippen LogP contribution in [0.5, 0.6) is 5.75 Å². The molecule has 1 heterocycles. The lowest BCUT2D eigenvalue weighted by Gasteiger charge is -2.10. The van der Waals surface area contributed by atoms with E-state index in [0.717, 1.165) is 16.7 Å². The van der Waals surface area contributed by atoms with Crippen LogP contribution in [0.15, 0.2) is 53.4 Å². The fraction of sp³-hybridized carbons (Fsp3) is 0.100. The second-order valence-electron chi connectivity index (χ2n) is 5.95. The third kappa shape index (κ3) is 5.27. The molecule has 0 atom stereocenters. The number of halogens is 1. The normalized spacial score (nSPS) is 15.1. The van der Waals surface area contributed by atoms with Crippen molar-refractivity contribution < 1.29 is 28.6 Å². The van der Waals surface area contributed by atoms with Crippen LogP contribution in [0.25, 0.3) is 6.08 Å². The van der Waals surface area contributed by atoms with E-state index in [2.05, 4.69) is 0 Å². The van der Waals surface area contributed by atoms with E-state index in [4.69, 9.17) is 22.1 Å². The standard InChI is InChI=1S/C20H14FNO5S2/c21-14-5-3-13(4-6-14)16(23)11-27-15-7-1-12(2-8-15)9-17-19(26)22(10-18(24)25)20(28)29-17/h1-9H,10-11H2,(H,24,25)/b17-9-. The first kappa shape index (κ1) is 20.7. The van der Waals surface area contributed by atoms with Crippen LogP contribution < -0.4 is 4.74 Å². The molecule has 0 aromatic heterocycles. The number of aliphatic carboxylic acids is 1. The Morgan fingerprint density at radius 3 is 2.41 bits per heavy atom. The minimum atomic E-state index is -1.14. The summed E-state index contributed by atoms with van der Waals surface area (Å²) in [6.45, 7) is -0.671. The number of carboxylic acid groups (broad SMARTS) is 1. The summed E-state index contributed by atoms with van der Waals surface area (Å²) in [6, 6.07) is 11.9. The van der Waals surface area contributed by atoms with Crippen molar-refractivity contribution in [2.45, 2.75) is 0 Å². The van der Waals surface area contributed by atoms with E-state index in [1.165, 1.54) is 24.3 Å². The van der Waals surface area contributed by atoms with E-state index in [0.29, 0.717) is 21.8 Å². The van der Waals surface area contributed by atoms with Gasteiger partial charge in [-0.25, -0.2) is 4.39 Å².